The summed E-state index contributed by atoms with van der Waals surface area (Å²) in [6, 6.07) is 6.11. The van der Waals surface area contributed by atoms with E-state index in [1.165, 1.54) is 11.3 Å². The van der Waals surface area contributed by atoms with Gasteiger partial charge in [-0.15, -0.1) is 11.3 Å². The normalized spacial score (nSPS) is 16.8. The van der Waals surface area contributed by atoms with E-state index in [1.54, 1.807) is 0 Å². The molecule has 1 amide bonds. The maximum Gasteiger partial charge on any atom is 0.263 e. The zero-order valence-corrected chi connectivity index (χ0v) is 11.4. The van der Waals surface area contributed by atoms with E-state index in [-0.39, 0.29) is 11.4 Å². The molecule has 0 saturated heterocycles. The van der Waals surface area contributed by atoms with Crippen molar-refractivity contribution in [3.63, 3.8) is 0 Å². The highest BCUT2D eigenvalue weighted by Gasteiger charge is 2.39. The molecule has 0 aliphatic heterocycles. The maximum absolute atomic E-state index is 12.2. The van der Waals surface area contributed by atoms with Gasteiger partial charge in [0.15, 0.2) is 0 Å². The van der Waals surface area contributed by atoms with Crippen molar-refractivity contribution in [1.82, 2.24) is 5.32 Å². The average Bonchev–Trinajstić information content (AvgIpc) is 2.94. The molecule has 1 aliphatic rings. The SMILES string of the molecule is Cc1ccc2sc(C(=O)NC3(C)CC3)c(N)c2c1. The highest BCUT2D eigenvalue weighted by Crippen LogP contribution is 2.37. The fourth-order valence-electron chi connectivity index (χ4n) is 2.04. The second-order valence-electron chi connectivity index (χ2n) is 5.36. The Morgan fingerprint density at radius 1 is 1.44 bits per heavy atom. The Bertz CT molecular complexity index is 641. The molecule has 0 atom stereocenters. The van der Waals surface area contributed by atoms with E-state index in [4.69, 9.17) is 5.73 Å². The number of anilines is 1. The van der Waals surface area contributed by atoms with E-state index in [0.29, 0.717) is 10.6 Å². The molecule has 94 valence electrons. The molecule has 3 N–H and O–H groups in total. The first-order chi connectivity index (χ1) is 8.48. The minimum absolute atomic E-state index is 0.00435. The fourth-order valence-corrected chi connectivity index (χ4v) is 3.04. The average molecular weight is 260 g/mol. The van der Waals surface area contributed by atoms with Crippen molar-refractivity contribution in [2.24, 2.45) is 0 Å². The van der Waals surface area contributed by atoms with Crippen LogP contribution in [0.15, 0.2) is 18.2 Å². The van der Waals surface area contributed by atoms with Crippen LogP contribution in [0.1, 0.15) is 35.0 Å². The Kier molecular flexibility index (Phi) is 2.38. The molecule has 1 aromatic carbocycles. The smallest absolute Gasteiger partial charge is 0.263 e. The van der Waals surface area contributed by atoms with Crippen LogP contribution in [-0.4, -0.2) is 11.4 Å². The third-order valence-electron chi connectivity index (χ3n) is 3.50. The van der Waals surface area contributed by atoms with Crippen LogP contribution in [0.2, 0.25) is 0 Å². The van der Waals surface area contributed by atoms with Crippen LogP contribution in [0.5, 0.6) is 0 Å². The number of nitrogen functional groups attached to an aromatic ring is 1. The largest absolute Gasteiger partial charge is 0.397 e. The van der Waals surface area contributed by atoms with E-state index in [2.05, 4.69) is 12.2 Å². The van der Waals surface area contributed by atoms with Gasteiger partial charge in [0.25, 0.3) is 5.91 Å². The molecule has 0 spiro atoms. The predicted octanol–water partition coefficient (Wildman–Crippen LogP) is 3.07. The number of carbonyl (C=O) groups is 1. The van der Waals surface area contributed by atoms with Gasteiger partial charge < -0.3 is 11.1 Å². The maximum atomic E-state index is 12.2. The molecule has 3 nitrogen and oxygen atoms in total. The van der Waals surface area contributed by atoms with Crippen LogP contribution in [0, 0.1) is 6.92 Å². The van der Waals surface area contributed by atoms with Gasteiger partial charge in [0.1, 0.15) is 4.88 Å². The topological polar surface area (TPSA) is 55.1 Å². The molecule has 18 heavy (non-hydrogen) atoms. The van der Waals surface area contributed by atoms with Crippen molar-refractivity contribution in [3.05, 3.63) is 28.6 Å². The Balaban J connectivity index is 2.01. The first-order valence-electron chi connectivity index (χ1n) is 6.10. The van der Waals surface area contributed by atoms with E-state index in [0.717, 1.165) is 28.5 Å². The molecule has 1 fully saturated rings. The van der Waals surface area contributed by atoms with Crippen molar-refractivity contribution in [2.45, 2.75) is 32.2 Å². The second kappa shape index (κ2) is 3.72. The van der Waals surface area contributed by atoms with Gasteiger partial charge in [0.2, 0.25) is 0 Å². The van der Waals surface area contributed by atoms with Crippen LogP contribution in [0.25, 0.3) is 10.1 Å². The molecular formula is C14H16N2OS. The van der Waals surface area contributed by atoms with Crippen molar-refractivity contribution >= 4 is 33.0 Å². The van der Waals surface area contributed by atoms with E-state index < -0.39 is 0 Å². The van der Waals surface area contributed by atoms with E-state index in [1.807, 2.05) is 25.1 Å². The monoisotopic (exact) mass is 260 g/mol. The fraction of sp³-hybridized carbons (Fsp3) is 0.357. The summed E-state index contributed by atoms with van der Waals surface area (Å²) < 4.78 is 1.07. The summed E-state index contributed by atoms with van der Waals surface area (Å²) in [4.78, 5) is 12.8. The molecule has 0 unspecified atom stereocenters. The zero-order valence-electron chi connectivity index (χ0n) is 10.5. The van der Waals surface area contributed by atoms with Gasteiger partial charge in [-0.05, 0) is 38.8 Å². The van der Waals surface area contributed by atoms with Gasteiger partial charge in [0, 0.05) is 15.6 Å². The summed E-state index contributed by atoms with van der Waals surface area (Å²) in [5, 5.41) is 4.05. The van der Waals surface area contributed by atoms with Crippen molar-refractivity contribution in [3.8, 4) is 0 Å². The lowest BCUT2D eigenvalue weighted by molar-refractivity contribution is 0.0940. The summed E-state index contributed by atoms with van der Waals surface area (Å²) in [6.45, 7) is 4.10. The Morgan fingerprint density at radius 3 is 2.83 bits per heavy atom. The van der Waals surface area contributed by atoms with E-state index in [9.17, 15) is 4.79 Å². The van der Waals surface area contributed by atoms with Gasteiger partial charge in [-0.2, -0.15) is 0 Å². The predicted molar refractivity (Wildman–Crippen MR) is 76.1 cm³/mol. The number of rotatable bonds is 2. The molecule has 0 radical (unpaired) electrons. The lowest BCUT2D eigenvalue weighted by Crippen LogP contribution is -2.34. The number of carbonyl (C=O) groups excluding carboxylic acids is 1. The van der Waals surface area contributed by atoms with Crippen molar-refractivity contribution in [2.75, 3.05) is 5.73 Å². The first-order valence-corrected chi connectivity index (χ1v) is 6.91. The molecule has 1 aliphatic carbocycles. The number of hydrogen-bond donors (Lipinski definition) is 2. The molecule has 2 aromatic rings. The number of amides is 1. The lowest BCUT2D eigenvalue weighted by Gasteiger charge is -2.10. The molecule has 1 saturated carbocycles. The van der Waals surface area contributed by atoms with Gasteiger partial charge >= 0.3 is 0 Å². The molecule has 3 rings (SSSR count). The summed E-state index contributed by atoms with van der Waals surface area (Å²) in [6.07, 6.45) is 2.12. The first kappa shape index (κ1) is 11.5. The van der Waals surface area contributed by atoms with Crippen LogP contribution < -0.4 is 11.1 Å². The Morgan fingerprint density at radius 2 is 2.17 bits per heavy atom. The number of nitrogens with one attached hydrogen (secondary N) is 1. The number of hydrogen-bond acceptors (Lipinski definition) is 3. The highest BCUT2D eigenvalue weighted by atomic mass is 32.1. The van der Waals surface area contributed by atoms with Crippen LogP contribution in [-0.2, 0) is 0 Å². The summed E-state index contributed by atoms with van der Waals surface area (Å²) in [5.41, 5.74) is 7.87. The van der Waals surface area contributed by atoms with Crippen LogP contribution in [0.4, 0.5) is 5.69 Å². The molecule has 4 heteroatoms. The molecule has 0 bridgehead atoms. The minimum Gasteiger partial charge on any atom is -0.397 e. The van der Waals surface area contributed by atoms with Crippen molar-refractivity contribution < 1.29 is 4.79 Å². The van der Waals surface area contributed by atoms with Gasteiger partial charge in [-0.25, -0.2) is 0 Å². The standard InChI is InChI=1S/C14H16N2OS/c1-8-3-4-10-9(7-8)11(15)12(18-10)13(17)16-14(2)5-6-14/h3-4,7H,5-6,15H2,1-2H3,(H,16,17). The van der Waals surface area contributed by atoms with Gasteiger partial charge in [-0.1, -0.05) is 11.6 Å². The third-order valence-corrected chi connectivity index (χ3v) is 4.69. The number of benzene rings is 1. The quantitative estimate of drug-likeness (QED) is 0.872. The molecule has 1 aromatic heterocycles. The zero-order chi connectivity index (χ0) is 12.9. The minimum atomic E-state index is -0.0358. The summed E-state index contributed by atoms with van der Waals surface area (Å²) in [7, 11) is 0. The summed E-state index contributed by atoms with van der Waals surface area (Å²) >= 11 is 1.47. The van der Waals surface area contributed by atoms with Crippen molar-refractivity contribution in [1.29, 1.82) is 0 Å². The summed E-state index contributed by atoms with van der Waals surface area (Å²) in [5.74, 6) is -0.0358. The number of thiophene rings is 1. The third kappa shape index (κ3) is 1.86. The van der Waals surface area contributed by atoms with Crippen LogP contribution in [0.3, 0.4) is 0 Å². The Labute approximate surface area is 110 Å². The van der Waals surface area contributed by atoms with Crippen LogP contribution >= 0.6 is 11.3 Å². The van der Waals surface area contributed by atoms with E-state index >= 15 is 0 Å². The van der Waals surface area contributed by atoms with Gasteiger partial charge in [-0.3, -0.25) is 4.79 Å². The second-order valence-corrected chi connectivity index (χ2v) is 6.41. The molecular weight excluding hydrogens is 244 g/mol. The molecule has 1 heterocycles. The number of fused-ring (bicyclic) bond motifs is 1. The Hall–Kier alpha value is -1.55. The number of nitrogens with two attached hydrogens (primary N) is 1. The number of aryl methyl sites for hydroxylation is 1. The van der Waals surface area contributed by atoms with Gasteiger partial charge in [0.05, 0.1) is 5.69 Å². The highest BCUT2D eigenvalue weighted by molar-refractivity contribution is 7.21. The lowest BCUT2D eigenvalue weighted by atomic mass is 10.1.